The number of ether oxygens (including phenoxy) is 2. The first-order valence-corrected chi connectivity index (χ1v) is 24.7. The van der Waals surface area contributed by atoms with Gasteiger partial charge in [-0.3, -0.25) is 33.6 Å². The summed E-state index contributed by atoms with van der Waals surface area (Å²) in [6.45, 7) is 14.9. The number of nitrogens with zero attached hydrogens (tertiary/aromatic N) is 1. The Morgan fingerprint density at radius 3 is 2.00 bits per heavy atom. The average molecular weight is 1040 g/mol. The van der Waals surface area contributed by atoms with Crippen molar-refractivity contribution in [2.75, 3.05) is 20.8 Å². The van der Waals surface area contributed by atoms with E-state index in [4.69, 9.17) is 15.9 Å². The van der Waals surface area contributed by atoms with Crippen molar-refractivity contribution in [1.82, 2.24) is 36.8 Å². The van der Waals surface area contributed by atoms with Crippen LogP contribution < -0.4 is 36.6 Å². The lowest BCUT2D eigenvalue weighted by molar-refractivity contribution is -0.146. The number of hydrogen-bond donors (Lipinski definition) is 8. The van der Waals surface area contributed by atoms with E-state index in [9.17, 15) is 53.4 Å². The van der Waals surface area contributed by atoms with Gasteiger partial charge in [0.05, 0.1) is 24.0 Å². The largest absolute Gasteiger partial charge is 0.481 e. The number of amides is 7. The molecule has 0 aliphatic carbocycles. The zero-order valence-corrected chi connectivity index (χ0v) is 44.1. The normalized spacial score (nSPS) is 24.5. The predicted octanol–water partition coefficient (Wildman–Crippen LogP) is 2.82. The smallest absolute Gasteiger partial charge is 0.327 e. The van der Waals surface area contributed by atoms with E-state index in [1.54, 1.807) is 57.4 Å². The van der Waals surface area contributed by atoms with Crippen LogP contribution in [-0.4, -0.2) is 132 Å². The maximum Gasteiger partial charge on any atom is 0.327 e. The lowest BCUT2D eigenvalue weighted by atomic mass is 9.94. The molecule has 0 radical (unpaired) electrons. The van der Waals surface area contributed by atoms with Gasteiger partial charge in [0.2, 0.25) is 35.4 Å². The predicted molar refractivity (Wildman–Crippen MR) is 279 cm³/mol. The lowest BCUT2D eigenvalue weighted by Gasteiger charge is -2.29. The van der Waals surface area contributed by atoms with E-state index < -0.39 is 120 Å². The van der Waals surface area contributed by atoms with Gasteiger partial charge in [0.15, 0.2) is 0 Å². The van der Waals surface area contributed by atoms with E-state index in [-0.39, 0.29) is 37.4 Å². The minimum Gasteiger partial charge on any atom is -0.481 e. The van der Waals surface area contributed by atoms with E-state index in [1.807, 2.05) is 50.3 Å². The molecule has 1 heterocycles. The summed E-state index contributed by atoms with van der Waals surface area (Å²) in [4.78, 5) is 123. The highest BCUT2D eigenvalue weighted by Gasteiger charge is 2.37. The Morgan fingerprint density at radius 2 is 1.41 bits per heavy atom. The number of methoxy groups -OCH3 is 1. The molecule has 3 rings (SSSR count). The Morgan fingerprint density at radius 1 is 0.800 bits per heavy atom. The second-order valence-electron chi connectivity index (χ2n) is 19.2. The molecule has 406 valence electrons. The molecular weight excluding hydrogens is 967 g/mol. The molecule has 1 fully saturated rings. The summed E-state index contributed by atoms with van der Waals surface area (Å²) in [7, 11) is 2.83. The van der Waals surface area contributed by atoms with Crippen LogP contribution in [0.4, 0.5) is 0 Å². The van der Waals surface area contributed by atoms with Gasteiger partial charge in [0.1, 0.15) is 48.3 Å². The summed E-state index contributed by atoms with van der Waals surface area (Å²) in [5, 5.41) is 35.9. The monoisotopic (exact) mass is 1040 g/mol. The van der Waals surface area contributed by atoms with E-state index in [0.717, 1.165) is 10.5 Å². The number of aliphatic carboxylic acids is 2. The molecule has 0 bridgehead atoms. The third-order valence-electron chi connectivity index (χ3n) is 12.7. The molecule has 10 atom stereocenters. The quantitative estimate of drug-likeness (QED) is 0.0725. The van der Waals surface area contributed by atoms with Crippen molar-refractivity contribution >= 4 is 53.3 Å². The molecule has 20 heteroatoms. The Balaban J connectivity index is 2.18. The highest BCUT2D eigenvalue weighted by Crippen LogP contribution is 2.20. The van der Waals surface area contributed by atoms with E-state index in [0.29, 0.717) is 23.3 Å². The molecule has 1 aliphatic heterocycles. The zero-order valence-electron chi connectivity index (χ0n) is 44.1. The number of carbonyl (C=O) groups is 9. The van der Waals surface area contributed by atoms with Gasteiger partial charge in [0.25, 0.3) is 5.91 Å². The van der Waals surface area contributed by atoms with Crippen LogP contribution in [0.15, 0.2) is 90.7 Å². The number of benzene rings is 2. The second kappa shape index (κ2) is 29.8. The van der Waals surface area contributed by atoms with Crippen LogP contribution >= 0.6 is 0 Å². The molecular formula is C55H73N7O13. The molecule has 1 saturated heterocycles. The van der Waals surface area contributed by atoms with Gasteiger partial charge < -0.3 is 56.5 Å². The van der Waals surface area contributed by atoms with E-state index in [2.05, 4.69) is 44.4 Å². The molecule has 7 amide bonds. The summed E-state index contributed by atoms with van der Waals surface area (Å²) in [5.74, 6) is -9.62. The third-order valence-corrected chi connectivity index (χ3v) is 12.7. The van der Waals surface area contributed by atoms with Crippen LogP contribution in [0.25, 0.3) is 0 Å². The van der Waals surface area contributed by atoms with E-state index >= 15 is 0 Å². The number of carboxylic acid groups (broad SMARTS) is 2. The van der Waals surface area contributed by atoms with E-state index in [1.165, 1.54) is 27.8 Å². The minimum absolute atomic E-state index is 0.00290. The summed E-state index contributed by atoms with van der Waals surface area (Å²) in [6.07, 6.45) is 9.79. The van der Waals surface area contributed by atoms with Crippen molar-refractivity contribution in [2.24, 2.45) is 23.7 Å². The summed E-state index contributed by atoms with van der Waals surface area (Å²) in [6, 6.07) is 7.34. The summed E-state index contributed by atoms with van der Waals surface area (Å²) < 4.78 is 11.3. The number of allylic oxidation sites excluding steroid dienone is 2. The van der Waals surface area contributed by atoms with Crippen LogP contribution in [0.3, 0.4) is 0 Å². The number of carboxylic acids is 2. The number of rotatable bonds is 15. The van der Waals surface area contributed by atoms with Crippen molar-refractivity contribution in [1.29, 1.82) is 0 Å². The maximum atomic E-state index is 14.7. The molecule has 4 unspecified atom stereocenters. The van der Waals surface area contributed by atoms with Gasteiger partial charge in [-0.2, -0.15) is 0 Å². The molecule has 0 saturated carbocycles. The maximum absolute atomic E-state index is 14.7. The van der Waals surface area contributed by atoms with Crippen molar-refractivity contribution in [3.05, 3.63) is 102 Å². The highest BCUT2D eigenvalue weighted by atomic mass is 16.5. The van der Waals surface area contributed by atoms with Gasteiger partial charge in [-0.1, -0.05) is 113 Å². The van der Waals surface area contributed by atoms with Gasteiger partial charge in [-0.25, -0.2) is 9.59 Å². The molecule has 2 aromatic carbocycles. The molecule has 0 aromatic heterocycles. The molecule has 75 heavy (non-hydrogen) atoms. The molecule has 2 aromatic rings. The first kappa shape index (κ1) is 61.5. The Kier molecular flexibility index (Phi) is 24.4. The Bertz CT molecular complexity index is 2470. The Labute approximate surface area is 438 Å². The average Bonchev–Trinajstić information content (AvgIpc) is 3.37. The van der Waals surface area contributed by atoms with Crippen LogP contribution in [0.5, 0.6) is 5.75 Å². The van der Waals surface area contributed by atoms with Crippen LogP contribution in [0.2, 0.25) is 0 Å². The number of hydrogen-bond acceptors (Lipinski definition) is 11. The SMILES string of the molecule is C#CCOc1ccc(CC2NC(=O)[C@@H](C)C(C(=O)O)NC(=O)[C@H](CC(C)C)NC(=O)[C@@H](C)NC(=O)C(=C)N(C)C(=O)CC[C@H](C(=O)O)NC(=O)C(C)C(/C=C/C(C)=C/[C@H](C)[C@H](Cc3ccccc3)OC)NC2=O)cc1. The summed E-state index contributed by atoms with van der Waals surface area (Å²) >= 11 is 0. The van der Waals surface area contributed by atoms with Crippen LogP contribution in [-0.2, 0) is 60.7 Å². The third kappa shape index (κ3) is 19.5. The fraction of sp³-hybridized carbons (Fsp3) is 0.473. The number of likely N-dealkylation sites (N-methyl/N-ethyl adjacent to an activating group) is 1. The van der Waals surface area contributed by atoms with Crippen molar-refractivity contribution in [2.45, 2.75) is 123 Å². The standard InChI is InChI=1S/C55H73N7O13/c1-12-26-75-40-21-19-39(20-22-40)29-44-52(68)57-41(23-18-32(4)28-33(5)45(74-11)30-38-16-14-13-15-17-38)34(6)48(64)58-42(54(70)71)24-25-46(63)62(10)37(9)51(67)56-36(8)50(66)60-43(27-31(2)3)53(69)61-47(55(72)73)35(7)49(65)59-44/h1,13-23,28,31,33-36,41-45,47H,9,24-27,29-30H2,2-8,10-11H3,(H,56,67)(H,57,68)(H,58,64)(H,59,65)(H,60,66)(H,61,69)(H,70,71)(H,72,73)/b23-18+,32-28+/t33-,34?,35-,36+,41?,42+,43-,44?,45-,47?/m0/s1. The topological polar surface area (TPSA) is 288 Å². The molecule has 1 aliphatic rings. The van der Waals surface area contributed by atoms with Crippen molar-refractivity contribution < 1.29 is 62.8 Å². The van der Waals surface area contributed by atoms with Crippen LogP contribution in [0, 0.1) is 36.0 Å². The zero-order chi connectivity index (χ0) is 56.1. The lowest BCUT2D eigenvalue weighted by Crippen LogP contribution is -2.59. The summed E-state index contributed by atoms with van der Waals surface area (Å²) in [5.41, 5.74) is 1.86. The Hall–Kier alpha value is -7.79. The molecule has 20 nitrogen and oxygen atoms in total. The van der Waals surface area contributed by atoms with Gasteiger partial charge in [-0.15, -0.1) is 6.42 Å². The minimum atomic E-state index is -1.90. The first-order chi connectivity index (χ1) is 35.4. The fourth-order valence-electron chi connectivity index (χ4n) is 7.98. The highest BCUT2D eigenvalue weighted by molar-refractivity contribution is 6.00. The van der Waals surface area contributed by atoms with Gasteiger partial charge in [0, 0.05) is 32.9 Å². The van der Waals surface area contributed by atoms with Crippen LogP contribution in [0.1, 0.15) is 78.9 Å². The molecule has 8 N–H and O–H groups in total. The van der Waals surface area contributed by atoms with Gasteiger partial charge >= 0.3 is 11.9 Å². The van der Waals surface area contributed by atoms with Crippen molar-refractivity contribution in [3.63, 3.8) is 0 Å². The first-order valence-electron chi connectivity index (χ1n) is 24.7. The number of terminal acetylenes is 1. The second-order valence-corrected chi connectivity index (χ2v) is 19.2. The fourth-order valence-corrected chi connectivity index (χ4v) is 7.98. The number of nitrogens with one attached hydrogen (secondary N) is 6. The van der Waals surface area contributed by atoms with Crippen molar-refractivity contribution in [3.8, 4) is 18.1 Å². The molecule has 0 spiro atoms. The number of carbonyl (C=O) groups excluding carboxylic acids is 7. The van der Waals surface area contributed by atoms with Gasteiger partial charge in [-0.05, 0) is 62.3 Å².